The SMILES string of the molecule is O=C/C=C/NC1=CCCCCC1. The lowest BCUT2D eigenvalue weighted by Gasteiger charge is -2.02. The maximum Gasteiger partial charge on any atom is 0.144 e. The molecule has 1 N–H and O–H groups in total. The number of hydrogen-bond donors (Lipinski definition) is 1. The van der Waals surface area contributed by atoms with E-state index in [2.05, 4.69) is 11.4 Å². The zero-order valence-electron chi connectivity index (χ0n) is 7.25. The monoisotopic (exact) mass is 165 g/mol. The lowest BCUT2D eigenvalue weighted by Crippen LogP contribution is -2.03. The van der Waals surface area contributed by atoms with Gasteiger partial charge in [-0.2, -0.15) is 0 Å². The van der Waals surface area contributed by atoms with Gasteiger partial charge in [-0.05, 0) is 31.8 Å². The lowest BCUT2D eigenvalue weighted by atomic mass is 10.2. The van der Waals surface area contributed by atoms with Crippen LogP contribution in [0.25, 0.3) is 0 Å². The zero-order chi connectivity index (χ0) is 8.65. The van der Waals surface area contributed by atoms with Gasteiger partial charge in [0.2, 0.25) is 0 Å². The summed E-state index contributed by atoms with van der Waals surface area (Å²) < 4.78 is 0. The summed E-state index contributed by atoms with van der Waals surface area (Å²) in [6, 6.07) is 0. The first-order valence-electron chi connectivity index (χ1n) is 4.49. The molecule has 0 spiro atoms. The summed E-state index contributed by atoms with van der Waals surface area (Å²) in [6.45, 7) is 0. The van der Waals surface area contributed by atoms with E-state index in [0.717, 1.165) is 19.1 Å². The molecule has 66 valence electrons. The smallest absolute Gasteiger partial charge is 0.144 e. The van der Waals surface area contributed by atoms with Crippen molar-refractivity contribution < 1.29 is 4.79 Å². The van der Waals surface area contributed by atoms with Gasteiger partial charge >= 0.3 is 0 Å². The molecule has 1 aliphatic carbocycles. The summed E-state index contributed by atoms with van der Waals surface area (Å²) in [5.41, 5.74) is 1.26. The summed E-state index contributed by atoms with van der Waals surface area (Å²) in [6.07, 6.45) is 12.3. The van der Waals surface area contributed by atoms with Crippen LogP contribution in [-0.4, -0.2) is 6.29 Å². The third-order valence-electron chi connectivity index (χ3n) is 1.98. The number of hydrogen-bond acceptors (Lipinski definition) is 2. The van der Waals surface area contributed by atoms with Crippen molar-refractivity contribution in [3.8, 4) is 0 Å². The highest BCUT2D eigenvalue weighted by Gasteiger charge is 1.99. The minimum absolute atomic E-state index is 0.782. The van der Waals surface area contributed by atoms with Crippen LogP contribution < -0.4 is 5.32 Å². The van der Waals surface area contributed by atoms with E-state index in [1.165, 1.54) is 31.0 Å². The van der Waals surface area contributed by atoms with Crippen LogP contribution in [0.3, 0.4) is 0 Å². The highest BCUT2D eigenvalue weighted by atomic mass is 16.1. The van der Waals surface area contributed by atoms with Gasteiger partial charge in [0.25, 0.3) is 0 Å². The van der Waals surface area contributed by atoms with E-state index in [4.69, 9.17) is 0 Å². The first-order chi connectivity index (χ1) is 5.93. The molecule has 0 saturated carbocycles. The van der Waals surface area contributed by atoms with Gasteiger partial charge < -0.3 is 5.32 Å². The Hall–Kier alpha value is -1.05. The zero-order valence-corrected chi connectivity index (χ0v) is 7.25. The van der Waals surface area contributed by atoms with Gasteiger partial charge in [0.05, 0.1) is 0 Å². The Labute approximate surface area is 73.4 Å². The second kappa shape index (κ2) is 5.58. The van der Waals surface area contributed by atoms with Crippen LogP contribution in [0.5, 0.6) is 0 Å². The number of carbonyl (C=O) groups is 1. The average molecular weight is 165 g/mol. The Morgan fingerprint density at radius 1 is 1.33 bits per heavy atom. The minimum Gasteiger partial charge on any atom is -0.365 e. The Morgan fingerprint density at radius 3 is 3.08 bits per heavy atom. The van der Waals surface area contributed by atoms with E-state index in [0.29, 0.717) is 0 Å². The minimum atomic E-state index is 0.782. The van der Waals surface area contributed by atoms with Crippen LogP contribution in [-0.2, 0) is 4.79 Å². The standard InChI is InChI=1S/C10H15NO/c12-9-5-8-11-10-6-3-1-2-4-7-10/h5-6,8-9,11H,1-4,7H2/b8-5+. The molecule has 2 nitrogen and oxygen atoms in total. The van der Waals surface area contributed by atoms with E-state index < -0.39 is 0 Å². The van der Waals surface area contributed by atoms with E-state index in [9.17, 15) is 4.79 Å². The number of rotatable bonds is 3. The highest BCUT2D eigenvalue weighted by molar-refractivity contribution is 5.64. The molecule has 0 aliphatic heterocycles. The molecule has 0 unspecified atom stereocenters. The fourth-order valence-corrected chi connectivity index (χ4v) is 1.34. The first kappa shape index (κ1) is 9.04. The van der Waals surface area contributed by atoms with Crippen molar-refractivity contribution in [3.63, 3.8) is 0 Å². The van der Waals surface area contributed by atoms with Crippen LogP contribution in [0.15, 0.2) is 24.0 Å². The molecule has 2 heteroatoms. The van der Waals surface area contributed by atoms with Gasteiger partial charge in [0, 0.05) is 11.9 Å². The van der Waals surface area contributed by atoms with Crippen LogP contribution in [0, 0.1) is 0 Å². The predicted molar refractivity (Wildman–Crippen MR) is 49.5 cm³/mol. The number of allylic oxidation sites excluding steroid dienone is 3. The molecule has 1 rings (SSSR count). The van der Waals surface area contributed by atoms with Gasteiger partial charge in [-0.25, -0.2) is 0 Å². The van der Waals surface area contributed by atoms with Crippen LogP contribution in [0.1, 0.15) is 32.1 Å². The Kier molecular flexibility index (Phi) is 4.21. The summed E-state index contributed by atoms with van der Waals surface area (Å²) in [5.74, 6) is 0. The average Bonchev–Trinajstić information content (AvgIpc) is 2.33. The predicted octanol–water partition coefficient (Wildman–Crippen LogP) is 2.14. The second-order valence-electron chi connectivity index (χ2n) is 2.97. The lowest BCUT2D eigenvalue weighted by molar-refractivity contribution is -0.104. The fourth-order valence-electron chi connectivity index (χ4n) is 1.34. The van der Waals surface area contributed by atoms with Crippen LogP contribution in [0.2, 0.25) is 0 Å². The molecule has 0 bridgehead atoms. The molecule has 0 atom stereocenters. The third-order valence-corrected chi connectivity index (χ3v) is 1.98. The van der Waals surface area contributed by atoms with Crippen molar-refractivity contribution >= 4 is 6.29 Å². The summed E-state index contributed by atoms with van der Waals surface area (Å²) >= 11 is 0. The quantitative estimate of drug-likeness (QED) is 0.512. The van der Waals surface area contributed by atoms with E-state index >= 15 is 0 Å². The molecule has 0 aromatic carbocycles. The van der Waals surface area contributed by atoms with E-state index in [1.807, 2.05) is 0 Å². The van der Waals surface area contributed by atoms with Crippen molar-refractivity contribution in [2.75, 3.05) is 0 Å². The molecule has 0 radical (unpaired) electrons. The van der Waals surface area contributed by atoms with Crippen molar-refractivity contribution in [2.45, 2.75) is 32.1 Å². The molecular formula is C10H15NO. The fraction of sp³-hybridized carbons (Fsp3) is 0.500. The topological polar surface area (TPSA) is 29.1 Å². The maximum absolute atomic E-state index is 9.97. The van der Waals surface area contributed by atoms with Gasteiger partial charge in [-0.3, -0.25) is 4.79 Å². The van der Waals surface area contributed by atoms with Crippen molar-refractivity contribution in [1.82, 2.24) is 5.32 Å². The van der Waals surface area contributed by atoms with Gasteiger partial charge in [-0.15, -0.1) is 0 Å². The first-order valence-corrected chi connectivity index (χ1v) is 4.49. The number of carbonyl (C=O) groups excluding carboxylic acids is 1. The molecule has 0 aromatic heterocycles. The Balaban J connectivity index is 2.33. The molecule has 0 aromatic rings. The Bertz CT molecular complexity index is 194. The summed E-state index contributed by atoms with van der Waals surface area (Å²) in [5, 5.41) is 3.11. The maximum atomic E-state index is 9.97. The summed E-state index contributed by atoms with van der Waals surface area (Å²) in [4.78, 5) is 9.97. The van der Waals surface area contributed by atoms with Crippen molar-refractivity contribution in [3.05, 3.63) is 24.0 Å². The molecule has 0 fully saturated rings. The summed E-state index contributed by atoms with van der Waals surface area (Å²) in [7, 11) is 0. The van der Waals surface area contributed by atoms with E-state index in [-0.39, 0.29) is 0 Å². The molecule has 12 heavy (non-hydrogen) atoms. The van der Waals surface area contributed by atoms with Crippen molar-refractivity contribution in [2.24, 2.45) is 0 Å². The normalized spacial score (nSPS) is 18.5. The Morgan fingerprint density at radius 2 is 2.25 bits per heavy atom. The molecule has 0 heterocycles. The van der Waals surface area contributed by atoms with Gasteiger partial charge in [0.15, 0.2) is 0 Å². The highest BCUT2D eigenvalue weighted by Crippen LogP contribution is 2.14. The van der Waals surface area contributed by atoms with E-state index in [1.54, 1.807) is 6.20 Å². The molecular weight excluding hydrogens is 150 g/mol. The van der Waals surface area contributed by atoms with Gasteiger partial charge in [0.1, 0.15) is 6.29 Å². The number of aldehydes is 1. The number of nitrogens with one attached hydrogen (secondary N) is 1. The van der Waals surface area contributed by atoms with Crippen LogP contribution >= 0.6 is 0 Å². The third kappa shape index (κ3) is 3.37. The van der Waals surface area contributed by atoms with Crippen molar-refractivity contribution in [1.29, 1.82) is 0 Å². The molecule has 1 aliphatic rings. The van der Waals surface area contributed by atoms with Gasteiger partial charge in [-0.1, -0.05) is 12.5 Å². The molecule has 0 amide bonds. The second-order valence-corrected chi connectivity index (χ2v) is 2.97. The molecule has 0 saturated heterocycles. The largest absolute Gasteiger partial charge is 0.365 e. The van der Waals surface area contributed by atoms with Crippen LogP contribution in [0.4, 0.5) is 0 Å².